The number of nitrogens with zero attached hydrogens (tertiary/aromatic N) is 5. The van der Waals surface area contributed by atoms with Gasteiger partial charge in [-0.1, -0.05) is 34.8 Å². The first-order chi connectivity index (χ1) is 15.3. The average Bonchev–Trinajstić information content (AvgIpc) is 3.20. The molecular weight excluding hydrogens is 471 g/mol. The third kappa shape index (κ3) is 5.08. The normalized spacial score (nSPS) is 15.3. The third-order valence-electron chi connectivity index (χ3n) is 5.36. The van der Waals surface area contributed by atoms with Crippen LogP contribution in [0.1, 0.15) is 24.5 Å². The van der Waals surface area contributed by atoms with Gasteiger partial charge >= 0.3 is 5.91 Å². The van der Waals surface area contributed by atoms with E-state index in [2.05, 4.69) is 34.3 Å². The topological polar surface area (TPSA) is 66.3 Å². The fourth-order valence-electron chi connectivity index (χ4n) is 3.56. The molecule has 32 heavy (non-hydrogen) atoms. The highest BCUT2D eigenvalue weighted by Crippen LogP contribution is 2.31. The molecule has 10 heteroatoms. The van der Waals surface area contributed by atoms with Crippen LogP contribution < -0.4 is 5.43 Å². The van der Waals surface area contributed by atoms with Crippen molar-refractivity contribution in [2.45, 2.75) is 19.9 Å². The second kappa shape index (κ2) is 9.77. The summed E-state index contributed by atoms with van der Waals surface area (Å²) in [5, 5.41) is 7.90. The van der Waals surface area contributed by atoms with Gasteiger partial charge in [-0.3, -0.25) is 15.1 Å². The van der Waals surface area contributed by atoms with Gasteiger partial charge < -0.3 is 0 Å². The Labute approximate surface area is 201 Å². The molecule has 1 aliphatic heterocycles. The first kappa shape index (κ1) is 23.0. The lowest BCUT2D eigenvalue weighted by Crippen LogP contribution is -2.55. The van der Waals surface area contributed by atoms with Crippen molar-refractivity contribution in [3.8, 4) is 17.1 Å². The van der Waals surface area contributed by atoms with E-state index in [1.807, 2.05) is 5.01 Å². The molecule has 0 spiro atoms. The average molecular weight is 494 g/mol. The van der Waals surface area contributed by atoms with E-state index in [0.29, 0.717) is 38.2 Å². The first-order valence-corrected chi connectivity index (χ1v) is 11.4. The van der Waals surface area contributed by atoms with Gasteiger partial charge in [0.25, 0.3) is 0 Å². The molecule has 1 N–H and O–H groups in total. The number of carbonyl (C=O) groups excluding carboxylic acids is 1. The number of hydrogen-bond acceptors (Lipinski definition) is 5. The summed E-state index contributed by atoms with van der Waals surface area (Å²) in [6, 6.07) is 12.7. The Balaban J connectivity index is 1.63. The number of piperazine rings is 1. The van der Waals surface area contributed by atoms with Gasteiger partial charge in [-0.05, 0) is 56.3 Å². The molecule has 168 valence electrons. The fraction of sp³-hybridized carbons (Fsp3) is 0.318. The van der Waals surface area contributed by atoms with Crippen molar-refractivity contribution in [3.63, 3.8) is 0 Å². The van der Waals surface area contributed by atoms with Gasteiger partial charge in [0.1, 0.15) is 0 Å². The van der Waals surface area contributed by atoms with Crippen LogP contribution in [0.5, 0.6) is 0 Å². The van der Waals surface area contributed by atoms with Crippen molar-refractivity contribution in [2.75, 3.05) is 26.2 Å². The molecular formula is C22H23Cl3N6O. The minimum Gasteiger partial charge on any atom is -0.298 e. The molecule has 1 amide bonds. The van der Waals surface area contributed by atoms with Crippen LogP contribution >= 0.6 is 34.8 Å². The Morgan fingerprint density at radius 2 is 1.62 bits per heavy atom. The number of aromatic nitrogens is 3. The third-order valence-corrected chi connectivity index (χ3v) is 6.16. The van der Waals surface area contributed by atoms with Gasteiger partial charge in [-0.2, -0.15) is 0 Å². The molecule has 1 saturated heterocycles. The Kier molecular flexibility index (Phi) is 7.02. The number of halogens is 3. The summed E-state index contributed by atoms with van der Waals surface area (Å²) >= 11 is 18.5. The maximum absolute atomic E-state index is 13.0. The highest BCUT2D eigenvalue weighted by atomic mass is 35.5. The van der Waals surface area contributed by atoms with Gasteiger partial charge in [0.05, 0.1) is 10.7 Å². The summed E-state index contributed by atoms with van der Waals surface area (Å²) in [6.45, 7) is 7.58. The molecule has 0 unspecified atom stereocenters. The molecule has 1 fully saturated rings. The van der Waals surface area contributed by atoms with Crippen molar-refractivity contribution < 1.29 is 4.79 Å². The molecule has 0 bridgehead atoms. The van der Waals surface area contributed by atoms with Crippen LogP contribution in [0.25, 0.3) is 17.1 Å². The minimum atomic E-state index is -0.373. The summed E-state index contributed by atoms with van der Waals surface area (Å²) in [5.74, 6) is 0.109. The smallest absolute Gasteiger partial charge is 0.298 e. The van der Waals surface area contributed by atoms with Crippen LogP contribution in [0.3, 0.4) is 0 Å². The highest BCUT2D eigenvalue weighted by Gasteiger charge is 2.24. The summed E-state index contributed by atoms with van der Waals surface area (Å²) in [7, 11) is 0. The van der Waals surface area contributed by atoms with Crippen LogP contribution in [-0.4, -0.2) is 62.8 Å². The van der Waals surface area contributed by atoms with E-state index < -0.39 is 0 Å². The van der Waals surface area contributed by atoms with Crippen molar-refractivity contribution >= 4 is 40.7 Å². The number of benzene rings is 2. The molecule has 2 heterocycles. The molecule has 4 rings (SSSR count). The number of carbonyl (C=O) groups is 1. The van der Waals surface area contributed by atoms with E-state index in [-0.39, 0.29) is 11.7 Å². The van der Waals surface area contributed by atoms with E-state index in [0.717, 1.165) is 26.2 Å². The predicted octanol–water partition coefficient (Wildman–Crippen LogP) is 4.57. The lowest BCUT2D eigenvalue weighted by Gasteiger charge is -2.36. The standard InChI is InChI=1S/C22H23Cl3N6O/c1-14(2)29-9-11-30(12-10-29)28-22(32)20-26-21(18-8-5-16(24)13-19(18)25)31(27-20)17-6-3-15(23)4-7-17/h3-8,13-14H,9-12H2,1-2H3,(H,28,32). The summed E-state index contributed by atoms with van der Waals surface area (Å²) in [5.41, 5.74) is 4.24. The van der Waals surface area contributed by atoms with E-state index >= 15 is 0 Å². The van der Waals surface area contributed by atoms with Crippen LogP contribution in [0.15, 0.2) is 42.5 Å². The molecule has 2 aromatic carbocycles. The van der Waals surface area contributed by atoms with E-state index in [1.165, 1.54) is 0 Å². The monoisotopic (exact) mass is 492 g/mol. The molecule has 0 aliphatic carbocycles. The molecule has 3 aromatic rings. The molecule has 1 aromatic heterocycles. The van der Waals surface area contributed by atoms with Gasteiger partial charge in [-0.25, -0.2) is 14.7 Å². The lowest BCUT2D eigenvalue weighted by atomic mass is 10.2. The Bertz CT molecular complexity index is 1110. The van der Waals surface area contributed by atoms with E-state index in [1.54, 1.807) is 47.1 Å². The fourth-order valence-corrected chi connectivity index (χ4v) is 4.18. The zero-order valence-corrected chi connectivity index (χ0v) is 20.0. The summed E-state index contributed by atoms with van der Waals surface area (Å²) in [4.78, 5) is 19.9. The number of hydrogen-bond donors (Lipinski definition) is 1. The molecule has 0 radical (unpaired) electrons. The van der Waals surface area contributed by atoms with Crippen molar-refractivity contribution in [1.29, 1.82) is 0 Å². The van der Waals surface area contributed by atoms with E-state index in [9.17, 15) is 4.79 Å². The van der Waals surface area contributed by atoms with Crippen LogP contribution in [0.2, 0.25) is 15.1 Å². The summed E-state index contributed by atoms with van der Waals surface area (Å²) < 4.78 is 1.58. The van der Waals surface area contributed by atoms with Gasteiger partial charge in [0.2, 0.25) is 5.82 Å². The SMILES string of the molecule is CC(C)N1CCN(NC(=O)c2nc(-c3ccc(Cl)cc3Cl)n(-c3ccc(Cl)cc3)n2)CC1. The molecule has 1 aliphatic rings. The highest BCUT2D eigenvalue weighted by molar-refractivity contribution is 6.36. The zero-order chi connectivity index (χ0) is 22.8. The summed E-state index contributed by atoms with van der Waals surface area (Å²) in [6.07, 6.45) is 0. The van der Waals surface area contributed by atoms with Crippen molar-refractivity contribution in [2.24, 2.45) is 0 Å². The van der Waals surface area contributed by atoms with Gasteiger partial charge in [-0.15, -0.1) is 5.10 Å². The van der Waals surface area contributed by atoms with Crippen molar-refractivity contribution in [1.82, 2.24) is 30.1 Å². The van der Waals surface area contributed by atoms with Crippen LogP contribution in [0.4, 0.5) is 0 Å². The molecule has 7 nitrogen and oxygen atoms in total. The maximum Gasteiger partial charge on any atom is 0.305 e. The zero-order valence-electron chi connectivity index (χ0n) is 17.7. The Morgan fingerprint density at radius 3 is 2.25 bits per heavy atom. The Morgan fingerprint density at radius 1 is 0.969 bits per heavy atom. The number of nitrogens with one attached hydrogen (secondary N) is 1. The maximum atomic E-state index is 13.0. The number of rotatable bonds is 5. The lowest BCUT2D eigenvalue weighted by molar-refractivity contribution is 0.0545. The Hall–Kier alpha value is -2.16. The quantitative estimate of drug-likeness (QED) is 0.564. The predicted molar refractivity (Wildman–Crippen MR) is 128 cm³/mol. The first-order valence-electron chi connectivity index (χ1n) is 10.3. The molecule has 0 saturated carbocycles. The number of amides is 1. The van der Waals surface area contributed by atoms with E-state index in [4.69, 9.17) is 34.8 Å². The second-order valence-corrected chi connectivity index (χ2v) is 9.11. The number of hydrazine groups is 1. The van der Waals surface area contributed by atoms with Gasteiger partial charge in [0.15, 0.2) is 5.82 Å². The minimum absolute atomic E-state index is 0.0484. The van der Waals surface area contributed by atoms with Crippen molar-refractivity contribution in [3.05, 3.63) is 63.4 Å². The molecule has 0 atom stereocenters. The largest absolute Gasteiger partial charge is 0.305 e. The second-order valence-electron chi connectivity index (χ2n) is 7.83. The van der Waals surface area contributed by atoms with Crippen LogP contribution in [-0.2, 0) is 0 Å². The van der Waals surface area contributed by atoms with Gasteiger partial charge in [0, 0.05) is 47.8 Å². The van der Waals surface area contributed by atoms with Crippen LogP contribution in [0, 0.1) is 0 Å².